The van der Waals surface area contributed by atoms with Gasteiger partial charge in [-0.3, -0.25) is 0 Å². The summed E-state index contributed by atoms with van der Waals surface area (Å²) in [6, 6.07) is 2.78. The van der Waals surface area contributed by atoms with Crippen LogP contribution in [0.15, 0.2) is 35.5 Å². The lowest BCUT2D eigenvalue weighted by molar-refractivity contribution is 0.566. The number of aromatic nitrogens is 2. The van der Waals surface area contributed by atoms with Gasteiger partial charge in [-0.25, -0.2) is 31.9 Å². The summed E-state index contributed by atoms with van der Waals surface area (Å²) in [4.78, 5) is 6.87. The topological polar surface area (TPSA) is 98.0 Å². The molecule has 2 rings (SSSR count). The Morgan fingerprint density at radius 2 is 1.85 bits per heavy atom. The summed E-state index contributed by atoms with van der Waals surface area (Å²) < 4.78 is 52.2. The highest BCUT2D eigenvalue weighted by molar-refractivity contribution is 7.89. The minimum absolute atomic E-state index is 0.0693. The van der Waals surface area contributed by atoms with Crippen LogP contribution in [-0.4, -0.2) is 18.4 Å². The fourth-order valence-electron chi connectivity index (χ4n) is 1.40. The zero-order valence-corrected chi connectivity index (χ0v) is 10.9. The molecule has 0 aliphatic heterocycles. The molecule has 0 atom stereocenters. The van der Waals surface area contributed by atoms with E-state index in [9.17, 15) is 17.2 Å². The summed E-state index contributed by atoms with van der Waals surface area (Å²) in [6.07, 6.45) is 2.04. The Labute approximate surface area is 113 Å². The molecule has 0 aliphatic carbocycles. The normalized spacial score (nSPS) is 11.5. The number of nitrogens with two attached hydrogens (primary N) is 1. The van der Waals surface area contributed by atoms with Crippen LogP contribution >= 0.6 is 0 Å². The van der Waals surface area contributed by atoms with Gasteiger partial charge in [-0.15, -0.1) is 0 Å². The number of benzene rings is 1. The van der Waals surface area contributed by atoms with Gasteiger partial charge in [0.05, 0.1) is 12.4 Å². The molecular weight excluding hydrogens is 290 g/mol. The number of anilines is 1. The Hall–Kier alpha value is -2.13. The number of hydrogen-bond acceptors (Lipinski definition) is 5. The molecule has 0 saturated carbocycles. The van der Waals surface area contributed by atoms with Crippen molar-refractivity contribution < 1.29 is 17.2 Å². The lowest BCUT2D eigenvalue weighted by Crippen LogP contribution is -2.24. The first-order valence-corrected chi connectivity index (χ1v) is 6.88. The Balaban J connectivity index is 2.17. The number of hydrogen-bond donors (Lipinski definition) is 2. The maximum absolute atomic E-state index is 13.4. The van der Waals surface area contributed by atoms with Gasteiger partial charge >= 0.3 is 0 Å². The van der Waals surface area contributed by atoms with E-state index in [1.54, 1.807) is 0 Å². The molecule has 1 aromatic carbocycles. The second kappa shape index (κ2) is 5.47. The van der Waals surface area contributed by atoms with Crippen LogP contribution in [0.2, 0.25) is 0 Å². The molecule has 0 aliphatic rings. The molecule has 0 fully saturated rings. The van der Waals surface area contributed by atoms with Crippen LogP contribution in [0.5, 0.6) is 0 Å². The Morgan fingerprint density at radius 1 is 1.20 bits per heavy atom. The predicted octanol–water partition coefficient (Wildman–Crippen LogP) is 0.816. The third kappa shape index (κ3) is 3.25. The van der Waals surface area contributed by atoms with Crippen molar-refractivity contribution >= 4 is 16.0 Å². The molecule has 106 valence electrons. The van der Waals surface area contributed by atoms with E-state index in [1.165, 1.54) is 0 Å². The number of halogens is 2. The lowest BCUT2D eigenvalue weighted by Gasteiger charge is -2.07. The fraction of sp³-hybridized carbons (Fsp3) is 0.0909. The monoisotopic (exact) mass is 300 g/mol. The van der Waals surface area contributed by atoms with Crippen molar-refractivity contribution in [3.05, 3.63) is 47.8 Å². The SMILES string of the molecule is Nc1ncc(S(=O)(=O)NCc2cc(F)ccc2F)cn1. The van der Waals surface area contributed by atoms with E-state index in [0.717, 1.165) is 30.6 Å². The highest BCUT2D eigenvalue weighted by Gasteiger charge is 2.16. The third-order valence-corrected chi connectivity index (χ3v) is 3.77. The molecule has 0 saturated heterocycles. The third-order valence-electron chi connectivity index (χ3n) is 2.42. The summed E-state index contributed by atoms with van der Waals surface area (Å²) >= 11 is 0. The first-order valence-electron chi connectivity index (χ1n) is 5.39. The van der Waals surface area contributed by atoms with Gasteiger partial charge in [0.2, 0.25) is 16.0 Å². The fourth-order valence-corrected chi connectivity index (χ4v) is 2.29. The second-order valence-corrected chi connectivity index (χ2v) is 5.60. The molecule has 3 N–H and O–H groups in total. The molecule has 2 aromatic rings. The van der Waals surface area contributed by atoms with Crippen LogP contribution in [-0.2, 0) is 16.6 Å². The number of sulfonamides is 1. The van der Waals surface area contributed by atoms with Crippen molar-refractivity contribution in [3.8, 4) is 0 Å². The molecule has 0 radical (unpaired) electrons. The lowest BCUT2D eigenvalue weighted by atomic mass is 10.2. The minimum Gasteiger partial charge on any atom is -0.368 e. The van der Waals surface area contributed by atoms with Crippen LogP contribution in [0, 0.1) is 11.6 Å². The van der Waals surface area contributed by atoms with Crippen molar-refractivity contribution in [1.29, 1.82) is 0 Å². The molecule has 0 bridgehead atoms. The molecule has 0 unspecified atom stereocenters. The number of nitrogens with one attached hydrogen (secondary N) is 1. The highest BCUT2D eigenvalue weighted by atomic mass is 32.2. The summed E-state index contributed by atoms with van der Waals surface area (Å²) in [6.45, 7) is -0.393. The van der Waals surface area contributed by atoms with E-state index in [1.807, 2.05) is 0 Å². The van der Waals surface area contributed by atoms with Gasteiger partial charge in [0.1, 0.15) is 16.5 Å². The molecule has 1 aromatic heterocycles. The Bertz CT molecular complexity index is 720. The number of rotatable bonds is 4. The molecule has 20 heavy (non-hydrogen) atoms. The number of nitrogen functional groups attached to an aromatic ring is 1. The first-order chi connectivity index (χ1) is 9.38. The van der Waals surface area contributed by atoms with Gasteiger partial charge in [-0.1, -0.05) is 0 Å². The molecule has 0 spiro atoms. The van der Waals surface area contributed by atoms with E-state index >= 15 is 0 Å². The number of nitrogens with zero attached hydrogens (tertiary/aromatic N) is 2. The minimum atomic E-state index is -3.92. The largest absolute Gasteiger partial charge is 0.368 e. The van der Waals surface area contributed by atoms with E-state index in [4.69, 9.17) is 5.73 Å². The molecule has 1 heterocycles. The molecular formula is C11H10F2N4O2S. The average Bonchev–Trinajstić information content (AvgIpc) is 2.40. The zero-order valence-electron chi connectivity index (χ0n) is 10.0. The van der Waals surface area contributed by atoms with Gasteiger partial charge in [0.15, 0.2) is 0 Å². The maximum Gasteiger partial charge on any atom is 0.243 e. The Kier molecular flexibility index (Phi) is 3.91. The van der Waals surface area contributed by atoms with Crippen LogP contribution in [0.25, 0.3) is 0 Å². The molecule has 9 heteroatoms. The van der Waals surface area contributed by atoms with Gasteiger partial charge in [0, 0.05) is 12.1 Å². The van der Waals surface area contributed by atoms with E-state index in [-0.39, 0.29) is 16.4 Å². The summed E-state index contributed by atoms with van der Waals surface area (Å²) in [7, 11) is -3.92. The predicted molar refractivity (Wildman–Crippen MR) is 66.8 cm³/mol. The first kappa shape index (κ1) is 14.3. The van der Waals surface area contributed by atoms with Crippen molar-refractivity contribution in [1.82, 2.24) is 14.7 Å². The van der Waals surface area contributed by atoms with Crippen LogP contribution in [0.4, 0.5) is 14.7 Å². The van der Waals surface area contributed by atoms with Crippen molar-refractivity contribution in [2.75, 3.05) is 5.73 Å². The van der Waals surface area contributed by atoms with E-state index < -0.39 is 28.2 Å². The van der Waals surface area contributed by atoms with Crippen LogP contribution < -0.4 is 10.5 Å². The maximum atomic E-state index is 13.4. The van der Waals surface area contributed by atoms with Crippen molar-refractivity contribution in [2.45, 2.75) is 11.4 Å². The molecule has 6 nitrogen and oxygen atoms in total. The highest BCUT2D eigenvalue weighted by Crippen LogP contribution is 2.11. The van der Waals surface area contributed by atoms with Gasteiger partial charge in [0.25, 0.3) is 0 Å². The summed E-state index contributed by atoms with van der Waals surface area (Å²) in [5.41, 5.74) is 5.14. The summed E-state index contributed by atoms with van der Waals surface area (Å²) in [5.74, 6) is -1.43. The van der Waals surface area contributed by atoms with Gasteiger partial charge in [-0.05, 0) is 18.2 Å². The Morgan fingerprint density at radius 3 is 2.50 bits per heavy atom. The zero-order chi connectivity index (χ0) is 14.8. The van der Waals surface area contributed by atoms with E-state index in [0.29, 0.717) is 0 Å². The van der Waals surface area contributed by atoms with Gasteiger partial charge in [-0.2, -0.15) is 0 Å². The second-order valence-electron chi connectivity index (χ2n) is 3.84. The van der Waals surface area contributed by atoms with Crippen LogP contribution in [0.3, 0.4) is 0 Å². The van der Waals surface area contributed by atoms with E-state index in [2.05, 4.69) is 14.7 Å². The van der Waals surface area contributed by atoms with Gasteiger partial charge < -0.3 is 5.73 Å². The standard InChI is InChI=1S/C11H10F2N4O2S/c12-8-1-2-10(13)7(3-8)4-17-20(18,19)9-5-15-11(14)16-6-9/h1-3,5-6,17H,4H2,(H2,14,15,16). The summed E-state index contributed by atoms with van der Waals surface area (Å²) in [5, 5.41) is 0. The van der Waals surface area contributed by atoms with Crippen molar-refractivity contribution in [3.63, 3.8) is 0 Å². The average molecular weight is 300 g/mol. The van der Waals surface area contributed by atoms with Crippen LogP contribution in [0.1, 0.15) is 5.56 Å². The molecule has 0 amide bonds. The quantitative estimate of drug-likeness (QED) is 0.871. The van der Waals surface area contributed by atoms with Crippen molar-refractivity contribution in [2.24, 2.45) is 0 Å². The smallest absolute Gasteiger partial charge is 0.243 e.